The summed E-state index contributed by atoms with van der Waals surface area (Å²) in [7, 11) is 0. The Labute approximate surface area is 147 Å². The van der Waals surface area contributed by atoms with Gasteiger partial charge in [0.2, 0.25) is 11.8 Å². The number of nitrogens with zero attached hydrogens (tertiary/aromatic N) is 3. The number of benzene rings is 1. The number of halogens is 1. The molecule has 0 saturated carbocycles. The van der Waals surface area contributed by atoms with E-state index in [4.69, 9.17) is 16.0 Å². The molecule has 122 valence electrons. The SMILES string of the molecule is O=C(CSc1nnc(Cc2ccccc2)o1)Nc1cccnc1Cl. The Morgan fingerprint density at radius 2 is 2.00 bits per heavy atom. The summed E-state index contributed by atoms with van der Waals surface area (Å²) in [6, 6.07) is 13.2. The van der Waals surface area contributed by atoms with Crippen LogP contribution in [0.15, 0.2) is 58.3 Å². The minimum absolute atomic E-state index is 0.137. The van der Waals surface area contributed by atoms with Gasteiger partial charge in [-0.15, -0.1) is 10.2 Å². The zero-order valence-electron chi connectivity index (χ0n) is 12.5. The minimum atomic E-state index is -0.224. The number of carbonyl (C=O) groups excluding carboxylic acids is 1. The first-order chi connectivity index (χ1) is 11.7. The lowest BCUT2D eigenvalue weighted by molar-refractivity contribution is -0.113. The Bertz CT molecular complexity index is 826. The zero-order chi connectivity index (χ0) is 16.8. The van der Waals surface area contributed by atoms with Crippen LogP contribution in [-0.4, -0.2) is 26.8 Å². The van der Waals surface area contributed by atoms with Gasteiger partial charge in [0.1, 0.15) is 0 Å². The maximum absolute atomic E-state index is 11.9. The number of rotatable bonds is 6. The van der Waals surface area contributed by atoms with Crippen molar-refractivity contribution in [2.24, 2.45) is 0 Å². The number of anilines is 1. The van der Waals surface area contributed by atoms with Crippen LogP contribution in [0.2, 0.25) is 5.15 Å². The molecule has 3 aromatic rings. The van der Waals surface area contributed by atoms with Crippen molar-refractivity contribution in [2.45, 2.75) is 11.6 Å². The van der Waals surface area contributed by atoms with Gasteiger partial charge in [-0.25, -0.2) is 4.98 Å². The predicted octanol–water partition coefficient (Wildman–Crippen LogP) is 3.44. The van der Waals surface area contributed by atoms with Crippen LogP contribution in [0, 0.1) is 0 Å². The second-order valence-corrected chi connectivity index (χ2v) is 6.09. The Morgan fingerprint density at radius 1 is 1.17 bits per heavy atom. The highest BCUT2D eigenvalue weighted by Gasteiger charge is 2.11. The number of pyridine rings is 1. The Kier molecular flexibility index (Phi) is 5.45. The Balaban J connectivity index is 1.52. The number of hydrogen-bond acceptors (Lipinski definition) is 6. The van der Waals surface area contributed by atoms with E-state index in [1.165, 1.54) is 11.8 Å². The first kappa shape index (κ1) is 16.5. The van der Waals surface area contributed by atoms with E-state index >= 15 is 0 Å². The first-order valence-corrected chi connectivity index (χ1v) is 8.46. The molecular weight excluding hydrogens is 348 g/mol. The molecule has 0 aliphatic heterocycles. The third kappa shape index (κ3) is 4.56. The molecule has 0 unspecified atom stereocenters. The summed E-state index contributed by atoms with van der Waals surface area (Å²) in [5, 5.41) is 11.2. The quantitative estimate of drug-likeness (QED) is 0.535. The highest BCUT2D eigenvalue weighted by molar-refractivity contribution is 7.99. The normalized spacial score (nSPS) is 10.5. The van der Waals surface area contributed by atoms with Crippen molar-refractivity contribution in [3.05, 3.63) is 65.3 Å². The number of amides is 1. The lowest BCUT2D eigenvalue weighted by Gasteiger charge is -2.04. The Hall–Kier alpha value is -2.38. The van der Waals surface area contributed by atoms with E-state index < -0.39 is 0 Å². The molecule has 0 fully saturated rings. The van der Waals surface area contributed by atoms with Crippen molar-refractivity contribution in [1.82, 2.24) is 15.2 Å². The molecule has 0 saturated heterocycles. The molecule has 0 spiro atoms. The van der Waals surface area contributed by atoms with Crippen LogP contribution in [0.1, 0.15) is 11.5 Å². The molecule has 0 radical (unpaired) electrons. The van der Waals surface area contributed by atoms with Crippen molar-refractivity contribution in [2.75, 3.05) is 11.1 Å². The van der Waals surface area contributed by atoms with E-state index in [-0.39, 0.29) is 16.8 Å². The molecule has 1 amide bonds. The predicted molar refractivity (Wildman–Crippen MR) is 92.1 cm³/mol. The van der Waals surface area contributed by atoms with Gasteiger partial charge in [0.05, 0.1) is 17.9 Å². The van der Waals surface area contributed by atoms with Crippen LogP contribution < -0.4 is 5.32 Å². The smallest absolute Gasteiger partial charge is 0.277 e. The highest BCUT2D eigenvalue weighted by atomic mass is 35.5. The third-order valence-electron chi connectivity index (χ3n) is 3.01. The number of aromatic nitrogens is 3. The van der Waals surface area contributed by atoms with Crippen molar-refractivity contribution in [1.29, 1.82) is 0 Å². The van der Waals surface area contributed by atoms with E-state index in [0.29, 0.717) is 23.2 Å². The zero-order valence-corrected chi connectivity index (χ0v) is 14.0. The second kappa shape index (κ2) is 7.94. The van der Waals surface area contributed by atoms with Gasteiger partial charge in [-0.2, -0.15) is 0 Å². The van der Waals surface area contributed by atoms with E-state index in [1.807, 2.05) is 30.3 Å². The lowest BCUT2D eigenvalue weighted by atomic mass is 10.2. The van der Waals surface area contributed by atoms with Gasteiger partial charge in [0.25, 0.3) is 5.22 Å². The lowest BCUT2D eigenvalue weighted by Crippen LogP contribution is -2.14. The molecule has 0 bridgehead atoms. The van der Waals surface area contributed by atoms with Crippen LogP contribution >= 0.6 is 23.4 Å². The van der Waals surface area contributed by atoms with Gasteiger partial charge in [0.15, 0.2) is 5.15 Å². The van der Waals surface area contributed by atoms with Crippen LogP contribution in [0.25, 0.3) is 0 Å². The number of nitrogens with one attached hydrogen (secondary N) is 1. The number of thioether (sulfide) groups is 1. The van der Waals surface area contributed by atoms with Crippen LogP contribution in [0.3, 0.4) is 0 Å². The van der Waals surface area contributed by atoms with Gasteiger partial charge in [-0.3, -0.25) is 4.79 Å². The summed E-state index contributed by atoms with van der Waals surface area (Å²) in [6.45, 7) is 0. The average molecular weight is 361 g/mol. The summed E-state index contributed by atoms with van der Waals surface area (Å²) < 4.78 is 5.53. The fraction of sp³-hybridized carbons (Fsp3) is 0.125. The first-order valence-electron chi connectivity index (χ1n) is 7.10. The molecule has 24 heavy (non-hydrogen) atoms. The van der Waals surface area contributed by atoms with Crippen molar-refractivity contribution in [3.63, 3.8) is 0 Å². The maximum Gasteiger partial charge on any atom is 0.277 e. The molecule has 2 aromatic heterocycles. The highest BCUT2D eigenvalue weighted by Crippen LogP contribution is 2.20. The molecule has 0 atom stereocenters. The van der Waals surface area contributed by atoms with Gasteiger partial charge in [0, 0.05) is 6.20 Å². The van der Waals surface area contributed by atoms with Crippen LogP contribution in [0.5, 0.6) is 0 Å². The maximum atomic E-state index is 11.9. The van der Waals surface area contributed by atoms with E-state index in [9.17, 15) is 4.79 Å². The summed E-state index contributed by atoms with van der Waals surface area (Å²) in [5.41, 5.74) is 1.56. The molecule has 8 heteroatoms. The summed E-state index contributed by atoms with van der Waals surface area (Å²) >= 11 is 7.06. The third-order valence-corrected chi connectivity index (χ3v) is 4.13. The van der Waals surface area contributed by atoms with Gasteiger partial charge < -0.3 is 9.73 Å². The second-order valence-electron chi connectivity index (χ2n) is 4.80. The molecule has 2 heterocycles. The van der Waals surface area contributed by atoms with Crippen LogP contribution in [0.4, 0.5) is 5.69 Å². The largest absolute Gasteiger partial charge is 0.416 e. The van der Waals surface area contributed by atoms with E-state index in [2.05, 4.69) is 20.5 Å². The molecule has 0 aliphatic rings. The van der Waals surface area contributed by atoms with Crippen molar-refractivity contribution < 1.29 is 9.21 Å². The molecule has 3 rings (SSSR count). The number of carbonyl (C=O) groups is 1. The topological polar surface area (TPSA) is 80.9 Å². The fourth-order valence-electron chi connectivity index (χ4n) is 1.93. The molecular formula is C16H13ClN4O2S. The van der Waals surface area contributed by atoms with E-state index in [1.54, 1.807) is 18.3 Å². The van der Waals surface area contributed by atoms with E-state index in [0.717, 1.165) is 5.56 Å². The van der Waals surface area contributed by atoms with Crippen molar-refractivity contribution in [3.8, 4) is 0 Å². The van der Waals surface area contributed by atoms with Crippen LogP contribution in [-0.2, 0) is 11.2 Å². The van der Waals surface area contributed by atoms with Crippen molar-refractivity contribution >= 4 is 35.0 Å². The molecule has 0 aliphatic carbocycles. The summed E-state index contributed by atoms with van der Waals surface area (Å²) in [6.07, 6.45) is 2.12. The minimum Gasteiger partial charge on any atom is -0.416 e. The average Bonchev–Trinajstić information content (AvgIpc) is 3.03. The van der Waals surface area contributed by atoms with Gasteiger partial charge in [-0.1, -0.05) is 53.7 Å². The molecule has 6 nitrogen and oxygen atoms in total. The Morgan fingerprint density at radius 3 is 2.79 bits per heavy atom. The number of hydrogen-bond donors (Lipinski definition) is 1. The summed E-state index contributed by atoms with van der Waals surface area (Å²) in [4.78, 5) is 15.8. The summed E-state index contributed by atoms with van der Waals surface area (Å²) in [5.74, 6) is 0.426. The fourth-order valence-corrected chi connectivity index (χ4v) is 2.68. The molecule has 1 N–H and O–H groups in total. The van der Waals surface area contributed by atoms with Gasteiger partial charge >= 0.3 is 0 Å². The standard InChI is InChI=1S/C16H13ClN4O2S/c17-15-12(7-4-8-18-15)19-13(22)10-24-16-21-20-14(23-16)9-11-5-2-1-3-6-11/h1-8H,9-10H2,(H,19,22). The monoisotopic (exact) mass is 360 g/mol. The van der Waals surface area contributed by atoms with Gasteiger partial charge in [-0.05, 0) is 17.7 Å². The molecule has 1 aromatic carbocycles.